The van der Waals surface area contributed by atoms with Crippen LogP contribution in [0.4, 0.5) is 0 Å². The van der Waals surface area contributed by atoms with Crippen LogP contribution in [-0.4, -0.2) is 37.0 Å². The third-order valence-corrected chi connectivity index (χ3v) is 2.26. The quantitative estimate of drug-likeness (QED) is 0.577. The maximum absolute atomic E-state index is 11.1. The molecule has 0 aromatic heterocycles. The summed E-state index contributed by atoms with van der Waals surface area (Å²) >= 11 is 0. The standard InChI is InChI=1S/C9H18N2O/c1-9(12)11-7-3-2-5-10-6-4-8-11/h10H,2-8H2,1H3. The lowest BCUT2D eigenvalue weighted by Gasteiger charge is -2.19. The molecule has 12 heavy (non-hydrogen) atoms. The van der Waals surface area contributed by atoms with Gasteiger partial charge in [-0.05, 0) is 32.4 Å². The van der Waals surface area contributed by atoms with E-state index in [1.165, 1.54) is 6.42 Å². The Bertz CT molecular complexity index is 137. The molecule has 1 rings (SSSR count). The summed E-state index contributed by atoms with van der Waals surface area (Å²) in [5.74, 6) is 0.219. The number of nitrogens with zero attached hydrogens (tertiary/aromatic N) is 1. The Balaban J connectivity index is 2.33. The fourth-order valence-electron chi connectivity index (χ4n) is 1.50. The largest absolute Gasteiger partial charge is 0.343 e. The second kappa shape index (κ2) is 5.14. The van der Waals surface area contributed by atoms with Crippen molar-refractivity contribution in [3.63, 3.8) is 0 Å². The molecule has 0 unspecified atom stereocenters. The van der Waals surface area contributed by atoms with Crippen LogP contribution in [0.5, 0.6) is 0 Å². The van der Waals surface area contributed by atoms with E-state index in [0.717, 1.165) is 39.0 Å². The summed E-state index contributed by atoms with van der Waals surface area (Å²) in [6.45, 7) is 5.67. The van der Waals surface area contributed by atoms with Crippen molar-refractivity contribution >= 4 is 5.91 Å². The minimum absolute atomic E-state index is 0.219. The van der Waals surface area contributed by atoms with E-state index in [1.54, 1.807) is 6.92 Å². The summed E-state index contributed by atoms with van der Waals surface area (Å²) < 4.78 is 0. The van der Waals surface area contributed by atoms with Crippen molar-refractivity contribution in [2.75, 3.05) is 26.2 Å². The van der Waals surface area contributed by atoms with Crippen molar-refractivity contribution in [3.8, 4) is 0 Å². The summed E-state index contributed by atoms with van der Waals surface area (Å²) in [6.07, 6.45) is 3.40. The highest BCUT2D eigenvalue weighted by molar-refractivity contribution is 5.73. The average molecular weight is 170 g/mol. The predicted molar refractivity (Wildman–Crippen MR) is 49.0 cm³/mol. The lowest BCUT2D eigenvalue weighted by atomic mass is 10.3. The third-order valence-electron chi connectivity index (χ3n) is 2.26. The van der Waals surface area contributed by atoms with Crippen LogP contribution in [0.1, 0.15) is 26.2 Å². The van der Waals surface area contributed by atoms with Gasteiger partial charge in [0, 0.05) is 20.0 Å². The van der Waals surface area contributed by atoms with Gasteiger partial charge in [-0.1, -0.05) is 0 Å². The molecule has 1 heterocycles. The number of rotatable bonds is 0. The Morgan fingerprint density at radius 1 is 1.17 bits per heavy atom. The highest BCUT2D eigenvalue weighted by atomic mass is 16.2. The van der Waals surface area contributed by atoms with Gasteiger partial charge in [0.1, 0.15) is 0 Å². The molecule has 1 aliphatic rings. The van der Waals surface area contributed by atoms with Crippen molar-refractivity contribution in [3.05, 3.63) is 0 Å². The van der Waals surface area contributed by atoms with Gasteiger partial charge in [0.25, 0.3) is 0 Å². The van der Waals surface area contributed by atoms with Crippen LogP contribution in [0.25, 0.3) is 0 Å². The van der Waals surface area contributed by atoms with Gasteiger partial charge < -0.3 is 10.2 Å². The van der Waals surface area contributed by atoms with Crippen LogP contribution in [0.15, 0.2) is 0 Å². The summed E-state index contributed by atoms with van der Waals surface area (Å²) in [7, 11) is 0. The molecule has 0 atom stereocenters. The highest BCUT2D eigenvalue weighted by Crippen LogP contribution is 1.99. The van der Waals surface area contributed by atoms with Crippen LogP contribution < -0.4 is 5.32 Å². The molecule has 0 radical (unpaired) electrons. The molecular formula is C9H18N2O. The van der Waals surface area contributed by atoms with E-state index in [9.17, 15) is 4.79 Å². The second-order valence-electron chi connectivity index (χ2n) is 3.32. The number of carbonyl (C=O) groups is 1. The van der Waals surface area contributed by atoms with E-state index < -0.39 is 0 Å². The molecule has 0 bridgehead atoms. The van der Waals surface area contributed by atoms with E-state index in [4.69, 9.17) is 0 Å². The molecule has 70 valence electrons. The van der Waals surface area contributed by atoms with Crippen LogP contribution in [0.2, 0.25) is 0 Å². The Labute approximate surface area is 74.1 Å². The highest BCUT2D eigenvalue weighted by Gasteiger charge is 2.08. The van der Waals surface area contributed by atoms with Gasteiger partial charge in [-0.3, -0.25) is 4.79 Å². The minimum atomic E-state index is 0.219. The molecule has 1 N–H and O–H groups in total. The number of carbonyl (C=O) groups excluding carboxylic acids is 1. The third kappa shape index (κ3) is 3.22. The van der Waals surface area contributed by atoms with Crippen LogP contribution in [0.3, 0.4) is 0 Å². The van der Waals surface area contributed by atoms with Crippen molar-refractivity contribution in [2.45, 2.75) is 26.2 Å². The topological polar surface area (TPSA) is 32.3 Å². The van der Waals surface area contributed by atoms with E-state index in [-0.39, 0.29) is 5.91 Å². The number of amides is 1. The maximum atomic E-state index is 11.1. The maximum Gasteiger partial charge on any atom is 0.219 e. The van der Waals surface area contributed by atoms with Crippen molar-refractivity contribution in [2.24, 2.45) is 0 Å². The molecular weight excluding hydrogens is 152 g/mol. The monoisotopic (exact) mass is 170 g/mol. The predicted octanol–water partition coefficient (Wildman–Crippen LogP) is 0.608. The molecule has 3 nitrogen and oxygen atoms in total. The zero-order valence-corrected chi connectivity index (χ0v) is 7.81. The molecule has 0 saturated carbocycles. The molecule has 1 aliphatic heterocycles. The van der Waals surface area contributed by atoms with Gasteiger partial charge in [-0.25, -0.2) is 0 Å². The lowest BCUT2D eigenvalue weighted by Crippen LogP contribution is -2.31. The number of hydrogen-bond donors (Lipinski definition) is 1. The first kappa shape index (κ1) is 9.52. The lowest BCUT2D eigenvalue weighted by molar-refractivity contribution is -0.128. The smallest absolute Gasteiger partial charge is 0.219 e. The zero-order valence-electron chi connectivity index (χ0n) is 7.81. The summed E-state index contributed by atoms with van der Waals surface area (Å²) in [5, 5.41) is 3.35. The van der Waals surface area contributed by atoms with Gasteiger partial charge in [-0.15, -0.1) is 0 Å². The minimum Gasteiger partial charge on any atom is -0.343 e. The van der Waals surface area contributed by atoms with Gasteiger partial charge in [0.2, 0.25) is 5.91 Å². The van der Waals surface area contributed by atoms with Crippen LogP contribution in [0, 0.1) is 0 Å². The van der Waals surface area contributed by atoms with Crippen molar-refractivity contribution in [1.82, 2.24) is 10.2 Å². The molecule has 0 aromatic carbocycles. The Kier molecular flexibility index (Phi) is 4.08. The molecule has 3 heteroatoms. The number of hydrogen-bond acceptors (Lipinski definition) is 2. The van der Waals surface area contributed by atoms with Crippen molar-refractivity contribution < 1.29 is 4.79 Å². The molecule has 1 amide bonds. The van der Waals surface area contributed by atoms with Gasteiger partial charge in [0.05, 0.1) is 0 Å². The Morgan fingerprint density at radius 3 is 2.58 bits per heavy atom. The second-order valence-corrected chi connectivity index (χ2v) is 3.32. The first-order chi connectivity index (χ1) is 5.80. The summed E-state index contributed by atoms with van der Waals surface area (Å²) in [5.41, 5.74) is 0. The SMILES string of the molecule is CC(=O)N1CCCCNCCC1. The van der Waals surface area contributed by atoms with Gasteiger partial charge >= 0.3 is 0 Å². The Morgan fingerprint density at radius 2 is 1.83 bits per heavy atom. The van der Waals surface area contributed by atoms with E-state index in [2.05, 4.69) is 5.32 Å². The normalized spacial score (nSPS) is 20.9. The number of nitrogens with one attached hydrogen (secondary N) is 1. The summed E-state index contributed by atoms with van der Waals surface area (Å²) in [4.78, 5) is 13.0. The summed E-state index contributed by atoms with van der Waals surface area (Å²) in [6, 6.07) is 0. The van der Waals surface area contributed by atoms with E-state index in [0.29, 0.717) is 0 Å². The van der Waals surface area contributed by atoms with Gasteiger partial charge in [-0.2, -0.15) is 0 Å². The van der Waals surface area contributed by atoms with Gasteiger partial charge in [0.15, 0.2) is 0 Å². The van der Waals surface area contributed by atoms with E-state index >= 15 is 0 Å². The van der Waals surface area contributed by atoms with Crippen LogP contribution >= 0.6 is 0 Å². The zero-order chi connectivity index (χ0) is 8.81. The van der Waals surface area contributed by atoms with Crippen molar-refractivity contribution in [1.29, 1.82) is 0 Å². The molecule has 0 aromatic rings. The molecule has 1 saturated heterocycles. The fourth-order valence-corrected chi connectivity index (χ4v) is 1.50. The van der Waals surface area contributed by atoms with Crippen LogP contribution in [-0.2, 0) is 4.79 Å². The van der Waals surface area contributed by atoms with E-state index in [1.807, 2.05) is 4.90 Å². The molecule has 1 fully saturated rings. The molecule has 0 aliphatic carbocycles. The Hall–Kier alpha value is -0.570. The molecule has 0 spiro atoms. The first-order valence-corrected chi connectivity index (χ1v) is 4.77. The average Bonchev–Trinajstić information content (AvgIpc) is 2.15. The first-order valence-electron chi connectivity index (χ1n) is 4.77. The fraction of sp³-hybridized carbons (Fsp3) is 0.889.